The largest absolute Gasteiger partial charge is 0.366 e. The molecule has 2 aromatic rings. The first-order valence-electron chi connectivity index (χ1n) is 7.35. The molecule has 0 aromatic heterocycles. The number of benzene rings is 2. The lowest BCUT2D eigenvalue weighted by molar-refractivity contribution is -0.121. The van der Waals surface area contributed by atoms with Gasteiger partial charge in [0, 0.05) is 18.5 Å². The normalized spacial score (nSPS) is 10.2. The van der Waals surface area contributed by atoms with Crippen LogP contribution in [-0.2, 0) is 17.6 Å². The minimum absolute atomic E-state index is 0.0183. The quantitative estimate of drug-likeness (QED) is 0.821. The summed E-state index contributed by atoms with van der Waals surface area (Å²) in [6.45, 7) is 0.611. The third kappa shape index (κ3) is 4.74. The lowest BCUT2D eigenvalue weighted by Crippen LogP contribution is -2.26. The molecule has 0 radical (unpaired) electrons. The molecule has 4 nitrogen and oxygen atoms in total. The van der Waals surface area contributed by atoms with E-state index in [2.05, 4.69) is 5.32 Å². The van der Waals surface area contributed by atoms with E-state index in [0.717, 1.165) is 12.0 Å². The molecular formula is C18H20N2O2. The van der Waals surface area contributed by atoms with Gasteiger partial charge >= 0.3 is 0 Å². The van der Waals surface area contributed by atoms with E-state index in [1.165, 1.54) is 5.56 Å². The molecule has 0 aliphatic rings. The second-order valence-corrected chi connectivity index (χ2v) is 5.11. The number of hydrogen-bond donors (Lipinski definition) is 2. The van der Waals surface area contributed by atoms with Crippen molar-refractivity contribution in [3.63, 3.8) is 0 Å². The van der Waals surface area contributed by atoms with Crippen LogP contribution >= 0.6 is 0 Å². The monoisotopic (exact) mass is 296 g/mol. The van der Waals surface area contributed by atoms with Gasteiger partial charge in [-0.25, -0.2) is 0 Å². The molecule has 4 heteroatoms. The summed E-state index contributed by atoms with van der Waals surface area (Å²) in [5.74, 6) is -0.477. The van der Waals surface area contributed by atoms with Crippen molar-refractivity contribution in [2.24, 2.45) is 5.73 Å². The van der Waals surface area contributed by atoms with Gasteiger partial charge < -0.3 is 11.1 Å². The summed E-state index contributed by atoms with van der Waals surface area (Å²) >= 11 is 0. The fraction of sp³-hybridized carbons (Fsp3) is 0.222. The Kier molecular flexibility index (Phi) is 5.72. The molecule has 2 aromatic carbocycles. The van der Waals surface area contributed by atoms with Gasteiger partial charge in [-0.05, 0) is 30.0 Å². The summed E-state index contributed by atoms with van der Waals surface area (Å²) in [5.41, 5.74) is 7.82. The first-order valence-corrected chi connectivity index (χ1v) is 7.35. The molecule has 0 unspecified atom stereocenters. The summed E-state index contributed by atoms with van der Waals surface area (Å²) in [7, 11) is 0. The number of nitrogens with one attached hydrogen (secondary N) is 1. The molecule has 22 heavy (non-hydrogen) atoms. The van der Waals surface area contributed by atoms with E-state index >= 15 is 0 Å². The average Bonchev–Trinajstić information content (AvgIpc) is 2.54. The highest BCUT2D eigenvalue weighted by atomic mass is 16.1. The highest BCUT2D eigenvalue weighted by Crippen LogP contribution is 2.10. The third-order valence-electron chi connectivity index (χ3n) is 3.48. The maximum atomic E-state index is 11.9. The molecule has 0 bridgehead atoms. The van der Waals surface area contributed by atoms with Gasteiger partial charge in [-0.3, -0.25) is 9.59 Å². The van der Waals surface area contributed by atoms with Gasteiger partial charge in [0.25, 0.3) is 0 Å². The smallest absolute Gasteiger partial charge is 0.248 e. The van der Waals surface area contributed by atoms with Crippen LogP contribution in [0, 0.1) is 0 Å². The summed E-state index contributed by atoms with van der Waals surface area (Å²) in [6.07, 6.45) is 1.67. The van der Waals surface area contributed by atoms with Gasteiger partial charge in [0.1, 0.15) is 0 Å². The van der Waals surface area contributed by atoms with Gasteiger partial charge in [-0.2, -0.15) is 0 Å². The molecular weight excluding hydrogens is 276 g/mol. The Labute approximate surface area is 130 Å². The van der Waals surface area contributed by atoms with E-state index in [0.29, 0.717) is 24.9 Å². The van der Waals surface area contributed by atoms with E-state index in [4.69, 9.17) is 5.73 Å². The minimum Gasteiger partial charge on any atom is -0.366 e. The predicted octanol–water partition coefficient (Wildman–Crippen LogP) is 2.08. The highest BCUT2D eigenvalue weighted by Gasteiger charge is 2.09. The van der Waals surface area contributed by atoms with Crippen LogP contribution in [0.5, 0.6) is 0 Å². The number of carbonyl (C=O) groups is 2. The molecule has 0 spiro atoms. The standard InChI is InChI=1S/C18H20N2O2/c19-18(22)16-9-5-4-8-15(16)10-11-17(21)20-13-12-14-6-2-1-3-7-14/h1-9H,10-13H2,(H2,19,22)(H,20,21). The van der Waals surface area contributed by atoms with Crippen LogP contribution in [0.25, 0.3) is 0 Å². The van der Waals surface area contributed by atoms with Gasteiger partial charge in [-0.15, -0.1) is 0 Å². The van der Waals surface area contributed by atoms with E-state index in [9.17, 15) is 9.59 Å². The number of rotatable bonds is 7. The lowest BCUT2D eigenvalue weighted by Gasteiger charge is -2.08. The van der Waals surface area contributed by atoms with Crippen LogP contribution in [0.15, 0.2) is 54.6 Å². The number of nitrogens with two attached hydrogens (primary N) is 1. The molecule has 0 aliphatic carbocycles. The molecule has 0 saturated heterocycles. The molecule has 114 valence electrons. The van der Waals surface area contributed by atoms with Crippen molar-refractivity contribution in [2.45, 2.75) is 19.3 Å². The Morgan fingerprint density at radius 1 is 0.909 bits per heavy atom. The fourth-order valence-corrected chi connectivity index (χ4v) is 2.31. The summed E-state index contributed by atoms with van der Waals surface area (Å²) in [4.78, 5) is 23.2. The molecule has 0 aliphatic heterocycles. The van der Waals surface area contributed by atoms with Gasteiger partial charge in [0.2, 0.25) is 11.8 Å². The maximum absolute atomic E-state index is 11.9. The Balaban J connectivity index is 1.77. The van der Waals surface area contributed by atoms with Gasteiger partial charge in [-0.1, -0.05) is 48.5 Å². The Hall–Kier alpha value is -2.62. The van der Waals surface area contributed by atoms with Crippen molar-refractivity contribution >= 4 is 11.8 Å². The number of amides is 2. The van der Waals surface area contributed by atoms with E-state index in [1.54, 1.807) is 12.1 Å². The zero-order valence-corrected chi connectivity index (χ0v) is 12.4. The van der Waals surface area contributed by atoms with Crippen LogP contribution in [0.1, 0.15) is 27.9 Å². The second-order valence-electron chi connectivity index (χ2n) is 5.11. The van der Waals surface area contributed by atoms with Crippen LogP contribution in [0.2, 0.25) is 0 Å². The lowest BCUT2D eigenvalue weighted by atomic mass is 10.0. The van der Waals surface area contributed by atoms with E-state index in [-0.39, 0.29) is 5.91 Å². The first-order chi connectivity index (χ1) is 10.7. The molecule has 0 atom stereocenters. The minimum atomic E-state index is -0.458. The van der Waals surface area contributed by atoms with Crippen molar-refractivity contribution in [1.29, 1.82) is 0 Å². The topological polar surface area (TPSA) is 72.2 Å². The zero-order chi connectivity index (χ0) is 15.8. The third-order valence-corrected chi connectivity index (χ3v) is 3.48. The van der Waals surface area contributed by atoms with Gasteiger partial charge in [0.15, 0.2) is 0 Å². The summed E-state index contributed by atoms with van der Waals surface area (Å²) < 4.78 is 0. The van der Waals surface area contributed by atoms with Crippen LogP contribution in [0.4, 0.5) is 0 Å². The maximum Gasteiger partial charge on any atom is 0.248 e. The Bertz CT molecular complexity index is 639. The zero-order valence-electron chi connectivity index (χ0n) is 12.4. The van der Waals surface area contributed by atoms with Crippen molar-refractivity contribution in [3.8, 4) is 0 Å². The van der Waals surface area contributed by atoms with E-state index in [1.807, 2.05) is 42.5 Å². The number of hydrogen-bond acceptors (Lipinski definition) is 2. The van der Waals surface area contributed by atoms with Crippen LogP contribution < -0.4 is 11.1 Å². The first kappa shape index (κ1) is 15.8. The Morgan fingerprint density at radius 3 is 2.32 bits per heavy atom. The summed E-state index contributed by atoms with van der Waals surface area (Å²) in [5, 5.41) is 2.89. The second kappa shape index (κ2) is 7.98. The molecule has 2 rings (SSSR count). The van der Waals surface area contributed by atoms with Crippen LogP contribution in [0.3, 0.4) is 0 Å². The SMILES string of the molecule is NC(=O)c1ccccc1CCC(=O)NCCc1ccccc1. The average molecular weight is 296 g/mol. The van der Waals surface area contributed by atoms with E-state index < -0.39 is 5.91 Å². The number of primary amides is 1. The van der Waals surface area contributed by atoms with Crippen molar-refractivity contribution in [3.05, 3.63) is 71.3 Å². The summed E-state index contributed by atoms with van der Waals surface area (Å²) in [6, 6.07) is 17.1. The fourth-order valence-electron chi connectivity index (χ4n) is 2.31. The van der Waals surface area contributed by atoms with Crippen molar-refractivity contribution in [2.75, 3.05) is 6.54 Å². The van der Waals surface area contributed by atoms with Crippen molar-refractivity contribution < 1.29 is 9.59 Å². The van der Waals surface area contributed by atoms with Crippen LogP contribution in [-0.4, -0.2) is 18.4 Å². The molecule has 3 N–H and O–H groups in total. The van der Waals surface area contributed by atoms with Gasteiger partial charge in [0.05, 0.1) is 0 Å². The molecule has 0 saturated carbocycles. The molecule has 0 heterocycles. The Morgan fingerprint density at radius 2 is 1.59 bits per heavy atom. The number of carbonyl (C=O) groups excluding carboxylic acids is 2. The molecule has 0 fully saturated rings. The van der Waals surface area contributed by atoms with Crippen molar-refractivity contribution in [1.82, 2.24) is 5.32 Å². The number of aryl methyl sites for hydroxylation is 1. The predicted molar refractivity (Wildman–Crippen MR) is 86.4 cm³/mol. The highest BCUT2D eigenvalue weighted by molar-refractivity contribution is 5.94. The molecule has 2 amide bonds.